The van der Waals surface area contributed by atoms with Crippen LogP contribution in [0.1, 0.15) is 10.4 Å². The van der Waals surface area contributed by atoms with E-state index in [2.05, 4.69) is 4.74 Å². The Morgan fingerprint density at radius 3 is 2.93 bits per heavy atom. The Bertz CT molecular complexity index is 379. The van der Waals surface area contributed by atoms with Crippen LogP contribution in [0.4, 0.5) is 4.39 Å². The van der Waals surface area contributed by atoms with E-state index in [1.54, 1.807) is 0 Å². The first-order valence-electron chi connectivity index (χ1n) is 4.12. The van der Waals surface area contributed by atoms with E-state index in [9.17, 15) is 14.0 Å². The summed E-state index contributed by atoms with van der Waals surface area (Å²) in [7, 11) is 1.25. The number of hydrogen-bond donors (Lipinski definition) is 0. The van der Waals surface area contributed by atoms with Crippen LogP contribution in [0.5, 0.6) is 0 Å². The third kappa shape index (κ3) is 3.06. The van der Waals surface area contributed by atoms with Crippen molar-refractivity contribution in [2.45, 2.75) is 4.90 Å². The first-order valence-corrected chi connectivity index (χ1v) is 5.11. The summed E-state index contributed by atoms with van der Waals surface area (Å²) in [6.45, 7) is 0. The van der Waals surface area contributed by atoms with Gasteiger partial charge in [-0.1, -0.05) is 12.1 Å². The second kappa shape index (κ2) is 5.50. The lowest BCUT2D eigenvalue weighted by molar-refractivity contribution is -0.137. The average molecular weight is 228 g/mol. The van der Waals surface area contributed by atoms with Crippen LogP contribution < -0.4 is 0 Å². The first kappa shape index (κ1) is 11.7. The van der Waals surface area contributed by atoms with Crippen molar-refractivity contribution in [2.75, 3.05) is 12.9 Å². The van der Waals surface area contributed by atoms with Gasteiger partial charge < -0.3 is 4.74 Å². The van der Waals surface area contributed by atoms with Crippen LogP contribution in [-0.4, -0.2) is 25.1 Å². The molecule has 0 aliphatic heterocycles. The van der Waals surface area contributed by atoms with Crippen LogP contribution in [-0.2, 0) is 9.53 Å². The molecule has 0 saturated heterocycles. The van der Waals surface area contributed by atoms with Crippen molar-refractivity contribution in [1.29, 1.82) is 0 Å². The summed E-state index contributed by atoms with van der Waals surface area (Å²) in [6.07, 6.45) is 0.558. The van der Waals surface area contributed by atoms with Gasteiger partial charge in [0.25, 0.3) is 0 Å². The molecule has 0 N–H and O–H groups in total. The van der Waals surface area contributed by atoms with Gasteiger partial charge in [-0.2, -0.15) is 0 Å². The second-order valence-corrected chi connectivity index (χ2v) is 3.63. The highest BCUT2D eigenvalue weighted by atomic mass is 32.2. The summed E-state index contributed by atoms with van der Waals surface area (Å²) >= 11 is 0.950. The van der Waals surface area contributed by atoms with Gasteiger partial charge in [-0.15, -0.1) is 11.8 Å². The molecule has 0 aliphatic rings. The minimum absolute atomic E-state index is 0.0156. The highest BCUT2D eigenvalue weighted by Crippen LogP contribution is 2.24. The van der Waals surface area contributed by atoms with Crippen molar-refractivity contribution >= 4 is 24.0 Å². The van der Waals surface area contributed by atoms with Crippen molar-refractivity contribution in [3.8, 4) is 0 Å². The number of ether oxygens (including phenoxy) is 1. The van der Waals surface area contributed by atoms with E-state index >= 15 is 0 Å². The molecule has 0 amide bonds. The highest BCUT2D eigenvalue weighted by Gasteiger charge is 2.10. The van der Waals surface area contributed by atoms with Gasteiger partial charge >= 0.3 is 5.97 Å². The maximum atomic E-state index is 13.3. The van der Waals surface area contributed by atoms with Crippen LogP contribution in [0.15, 0.2) is 23.1 Å². The molecule has 0 unspecified atom stereocenters. The van der Waals surface area contributed by atoms with Crippen molar-refractivity contribution in [3.63, 3.8) is 0 Å². The lowest BCUT2D eigenvalue weighted by Crippen LogP contribution is -2.04. The molecule has 1 rings (SSSR count). The van der Waals surface area contributed by atoms with Crippen LogP contribution >= 0.6 is 11.8 Å². The molecule has 1 aromatic carbocycles. The predicted octanol–water partition coefficient (Wildman–Crippen LogP) is 1.90. The van der Waals surface area contributed by atoms with E-state index in [-0.39, 0.29) is 16.2 Å². The molecule has 0 aromatic heterocycles. The number of thioether (sulfide) groups is 1. The molecule has 3 nitrogen and oxygen atoms in total. The topological polar surface area (TPSA) is 43.4 Å². The molecule has 0 spiro atoms. The number of esters is 1. The van der Waals surface area contributed by atoms with E-state index in [0.29, 0.717) is 6.29 Å². The Morgan fingerprint density at radius 2 is 2.33 bits per heavy atom. The zero-order valence-electron chi connectivity index (χ0n) is 8.03. The minimum atomic E-state index is -0.506. The monoisotopic (exact) mass is 228 g/mol. The molecule has 0 saturated carbocycles. The molecule has 0 fully saturated rings. The van der Waals surface area contributed by atoms with Crippen LogP contribution in [0.25, 0.3) is 0 Å². The summed E-state index contributed by atoms with van der Waals surface area (Å²) in [4.78, 5) is 21.6. The molecule has 0 bridgehead atoms. The Labute approximate surface area is 90.6 Å². The normalized spacial score (nSPS) is 9.73. The maximum Gasteiger partial charge on any atom is 0.315 e. The SMILES string of the molecule is COC(=O)CSc1c(F)cccc1C=O. The molecular weight excluding hydrogens is 219 g/mol. The fraction of sp³-hybridized carbons (Fsp3) is 0.200. The summed E-state index contributed by atoms with van der Waals surface area (Å²) in [5, 5.41) is 0. The smallest absolute Gasteiger partial charge is 0.315 e. The average Bonchev–Trinajstić information content (AvgIpc) is 2.26. The van der Waals surface area contributed by atoms with E-state index in [1.165, 1.54) is 25.3 Å². The van der Waals surface area contributed by atoms with E-state index in [1.807, 2.05) is 0 Å². The maximum absolute atomic E-state index is 13.3. The number of benzene rings is 1. The largest absolute Gasteiger partial charge is 0.468 e. The summed E-state index contributed by atoms with van der Waals surface area (Å²) in [5.41, 5.74) is 0.240. The molecule has 1 aromatic rings. The van der Waals surface area contributed by atoms with Gasteiger partial charge in [0.2, 0.25) is 0 Å². The predicted molar refractivity (Wildman–Crippen MR) is 54.5 cm³/mol. The standard InChI is InChI=1S/C10H9FO3S/c1-14-9(13)6-15-10-7(5-12)3-2-4-8(10)11/h2-5H,6H2,1H3. The Balaban J connectivity index is 2.83. The Morgan fingerprint density at radius 1 is 1.60 bits per heavy atom. The number of carbonyl (C=O) groups is 2. The lowest BCUT2D eigenvalue weighted by atomic mass is 10.2. The Hall–Kier alpha value is -1.36. The number of methoxy groups -OCH3 is 1. The van der Waals surface area contributed by atoms with E-state index < -0.39 is 11.8 Å². The van der Waals surface area contributed by atoms with Crippen molar-refractivity contribution in [1.82, 2.24) is 0 Å². The zero-order valence-corrected chi connectivity index (χ0v) is 8.84. The van der Waals surface area contributed by atoms with Crippen molar-refractivity contribution in [2.24, 2.45) is 0 Å². The number of aldehydes is 1. The number of rotatable bonds is 4. The second-order valence-electron chi connectivity index (χ2n) is 2.64. The molecule has 80 valence electrons. The minimum Gasteiger partial charge on any atom is -0.468 e. The van der Waals surface area contributed by atoms with Gasteiger partial charge in [0.05, 0.1) is 17.8 Å². The summed E-state index contributed by atoms with van der Waals surface area (Å²) < 4.78 is 17.7. The van der Waals surface area contributed by atoms with Gasteiger partial charge in [0, 0.05) is 5.56 Å². The van der Waals surface area contributed by atoms with Gasteiger partial charge in [-0.25, -0.2) is 4.39 Å². The van der Waals surface area contributed by atoms with Crippen LogP contribution in [0.3, 0.4) is 0 Å². The summed E-state index contributed by atoms with van der Waals surface area (Å²) in [5.74, 6) is -0.980. The lowest BCUT2D eigenvalue weighted by Gasteiger charge is -2.04. The van der Waals surface area contributed by atoms with Crippen molar-refractivity contribution < 1.29 is 18.7 Å². The van der Waals surface area contributed by atoms with Gasteiger partial charge in [-0.05, 0) is 6.07 Å². The molecule has 0 atom stereocenters. The number of carbonyl (C=O) groups excluding carboxylic acids is 2. The fourth-order valence-corrected chi connectivity index (χ4v) is 1.83. The Kier molecular flexibility index (Phi) is 4.30. The highest BCUT2D eigenvalue weighted by molar-refractivity contribution is 8.00. The van der Waals surface area contributed by atoms with E-state index in [4.69, 9.17) is 0 Å². The molecular formula is C10H9FO3S. The molecule has 0 aliphatic carbocycles. The van der Waals surface area contributed by atoms with Gasteiger partial charge in [-0.3, -0.25) is 9.59 Å². The van der Waals surface area contributed by atoms with Crippen molar-refractivity contribution in [3.05, 3.63) is 29.6 Å². The molecule has 0 radical (unpaired) electrons. The quantitative estimate of drug-likeness (QED) is 0.448. The molecule has 15 heavy (non-hydrogen) atoms. The number of hydrogen-bond acceptors (Lipinski definition) is 4. The van der Waals surface area contributed by atoms with Crippen LogP contribution in [0, 0.1) is 5.82 Å². The summed E-state index contributed by atoms with van der Waals surface area (Å²) in [6, 6.07) is 4.18. The zero-order chi connectivity index (χ0) is 11.3. The van der Waals surface area contributed by atoms with Gasteiger partial charge in [0.1, 0.15) is 5.82 Å². The third-order valence-corrected chi connectivity index (χ3v) is 2.79. The van der Waals surface area contributed by atoms with Gasteiger partial charge in [0.15, 0.2) is 6.29 Å². The number of halogens is 1. The van der Waals surface area contributed by atoms with Crippen LogP contribution in [0.2, 0.25) is 0 Å². The fourth-order valence-electron chi connectivity index (χ4n) is 0.961. The first-order chi connectivity index (χ1) is 7.19. The third-order valence-electron chi connectivity index (χ3n) is 1.69. The molecule has 5 heteroatoms. The molecule has 0 heterocycles. The van der Waals surface area contributed by atoms with E-state index in [0.717, 1.165) is 11.8 Å².